The van der Waals surface area contributed by atoms with E-state index in [1.54, 1.807) is 53.6 Å². The van der Waals surface area contributed by atoms with Gasteiger partial charge in [-0.3, -0.25) is 9.59 Å². The van der Waals surface area contributed by atoms with Gasteiger partial charge in [-0.1, -0.05) is 54.6 Å². The zero-order chi connectivity index (χ0) is 54.6. The number of aryl methyl sites for hydroxylation is 1. The predicted octanol–water partition coefficient (Wildman–Crippen LogP) is 9.67. The lowest BCUT2D eigenvalue weighted by Crippen LogP contribution is -2.37. The maximum absolute atomic E-state index is 15.6. The van der Waals surface area contributed by atoms with E-state index in [1.807, 2.05) is 67.6 Å². The summed E-state index contributed by atoms with van der Waals surface area (Å²) in [5.41, 5.74) is 13.4. The van der Waals surface area contributed by atoms with Gasteiger partial charge in [0.15, 0.2) is 11.6 Å². The summed E-state index contributed by atoms with van der Waals surface area (Å²) in [6, 6.07) is 28.7. The first-order valence-corrected chi connectivity index (χ1v) is 24.6. The number of rotatable bonds is 22. The summed E-state index contributed by atoms with van der Waals surface area (Å²) >= 11 is 0. The second-order valence-electron chi connectivity index (χ2n) is 18.0. The molecule has 0 bridgehead atoms. The molecule has 0 fully saturated rings. The first-order chi connectivity index (χ1) is 37.0. The number of amides is 4. The standard InChI is InChI=1S/C56H57F4N9O8/c1-34-13-15-40(31-45(34)64-39-16-17-42-44(30-38-9-7-19-63-38)54(72)66-46(42)32-39)65-55(73)67-47-28-37(56(58,59)60)29-49(51(47)57)77-27-26-76-25-24-75-23-22-74-21-20-69(62)53-41-10-4-3-8-36(41)33-68(50(71)18-14-35(2)70)48-12-6-5-11-43(48)52(53)61/h3-13,15-17,19,28-32,63-64H,14,18,20-27,33,61-62H2,1-2H3,(H,66,72)(H2,65,67,73)/b44-30-,53-52-. The summed E-state index contributed by atoms with van der Waals surface area (Å²) in [6.07, 6.45) is -1.19. The summed E-state index contributed by atoms with van der Waals surface area (Å²) < 4.78 is 79.8. The van der Waals surface area contributed by atoms with E-state index in [2.05, 4.69) is 26.3 Å². The molecule has 6 aromatic rings. The van der Waals surface area contributed by atoms with Crippen LogP contribution in [0.15, 0.2) is 115 Å². The van der Waals surface area contributed by atoms with Crippen LogP contribution in [0.5, 0.6) is 5.75 Å². The molecule has 9 N–H and O–H groups in total. The zero-order valence-corrected chi connectivity index (χ0v) is 42.2. The Morgan fingerprint density at radius 3 is 2.21 bits per heavy atom. The number of hydrogen-bond acceptors (Lipinski definition) is 12. The molecule has 0 saturated carbocycles. The number of nitrogens with zero attached hydrogens (tertiary/aromatic N) is 2. The van der Waals surface area contributed by atoms with Crippen molar-refractivity contribution in [2.24, 2.45) is 11.6 Å². The summed E-state index contributed by atoms with van der Waals surface area (Å²) in [7, 11) is 0. The third-order valence-corrected chi connectivity index (χ3v) is 12.4. The van der Waals surface area contributed by atoms with Crippen LogP contribution in [0.4, 0.5) is 56.5 Å². The number of carbonyl (C=O) groups is 4. The van der Waals surface area contributed by atoms with Gasteiger partial charge in [0.2, 0.25) is 5.91 Å². The molecule has 5 aromatic carbocycles. The van der Waals surface area contributed by atoms with Crippen molar-refractivity contribution >= 4 is 80.8 Å². The molecule has 21 heteroatoms. The number of halogens is 4. The first-order valence-electron chi connectivity index (χ1n) is 24.6. The van der Waals surface area contributed by atoms with Gasteiger partial charge in [-0.2, -0.15) is 13.2 Å². The molecule has 2 aliphatic heterocycles. The fourth-order valence-corrected chi connectivity index (χ4v) is 8.57. The van der Waals surface area contributed by atoms with Crippen LogP contribution in [-0.2, 0) is 41.3 Å². The predicted molar refractivity (Wildman–Crippen MR) is 286 cm³/mol. The summed E-state index contributed by atoms with van der Waals surface area (Å²) in [5, 5.41) is 12.3. The number of fused-ring (bicyclic) bond motifs is 3. The van der Waals surface area contributed by atoms with E-state index in [4.69, 9.17) is 30.5 Å². The highest BCUT2D eigenvalue weighted by molar-refractivity contribution is 6.35. The largest absolute Gasteiger partial charge is 0.488 e. The quantitative estimate of drug-likeness (QED) is 0.0111. The van der Waals surface area contributed by atoms with E-state index in [1.165, 1.54) is 11.9 Å². The number of ether oxygens (including phenoxy) is 4. The van der Waals surface area contributed by atoms with Gasteiger partial charge in [-0.05, 0) is 85.6 Å². The molecule has 0 atom stereocenters. The SMILES string of the molecule is CC(=O)CCC(=O)N1Cc2ccccc2/C(N(N)CCOCCOCCOCCOc2cc(C(F)(F)F)cc(NC(=O)Nc3ccc(C)c(Nc4ccc5c(c4)NC(=O)/C5=C\c4ccc[nH]4)c3)c2F)=C(/N)c2ccccc21. The van der Waals surface area contributed by atoms with E-state index in [0.717, 1.165) is 27.9 Å². The van der Waals surface area contributed by atoms with Crippen molar-refractivity contribution in [2.75, 3.05) is 79.0 Å². The number of aromatic amines is 1. The van der Waals surface area contributed by atoms with Crippen molar-refractivity contribution in [3.63, 3.8) is 0 Å². The number of H-pyrrole nitrogens is 1. The fraction of sp³-hybridized carbons (Fsp3) is 0.250. The van der Waals surface area contributed by atoms with Gasteiger partial charge in [0.1, 0.15) is 12.4 Å². The van der Waals surface area contributed by atoms with Gasteiger partial charge in [-0.25, -0.2) is 15.0 Å². The van der Waals surface area contributed by atoms with Crippen LogP contribution in [0.1, 0.15) is 58.8 Å². The van der Waals surface area contributed by atoms with Crippen molar-refractivity contribution < 1.29 is 55.7 Å². The second kappa shape index (κ2) is 24.9. The van der Waals surface area contributed by atoms with Crippen LogP contribution in [0.25, 0.3) is 23.0 Å². The van der Waals surface area contributed by atoms with Crippen LogP contribution in [-0.4, -0.2) is 86.4 Å². The van der Waals surface area contributed by atoms with Crippen LogP contribution >= 0.6 is 0 Å². The number of alkyl halides is 3. The number of nitrogens with two attached hydrogens (primary N) is 2. The Labute approximate surface area is 441 Å². The van der Waals surface area contributed by atoms with Crippen molar-refractivity contribution in [3.05, 3.63) is 160 Å². The third kappa shape index (κ3) is 13.9. The summed E-state index contributed by atoms with van der Waals surface area (Å²) in [4.78, 5) is 55.7. The van der Waals surface area contributed by atoms with Gasteiger partial charge in [0, 0.05) is 58.5 Å². The highest BCUT2D eigenvalue weighted by atomic mass is 19.4. The minimum Gasteiger partial charge on any atom is -0.488 e. The van der Waals surface area contributed by atoms with E-state index in [9.17, 15) is 32.3 Å². The van der Waals surface area contributed by atoms with Gasteiger partial charge in [-0.15, -0.1) is 0 Å². The molecule has 1 aromatic heterocycles. The highest BCUT2D eigenvalue weighted by Gasteiger charge is 2.34. The van der Waals surface area contributed by atoms with Crippen molar-refractivity contribution in [1.29, 1.82) is 0 Å². The second-order valence-corrected chi connectivity index (χ2v) is 18.0. The number of aromatic nitrogens is 1. The lowest BCUT2D eigenvalue weighted by molar-refractivity contribution is -0.137. The normalized spacial score (nSPS) is 14.5. The Kier molecular flexibility index (Phi) is 17.7. The number of hydrogen-bond donors (Lipinski definition) is 7. The lowest BCUT2D eigenvalue weighted by atomic mass is 9.95. The smallest absolute Gasteiger partial charge is 0.416 e. The number of urea groups is 1. The van der Waals surface area contributed by atoms with Gasteiger partial charge < -0.3 is 65.6 Å². The molecule has 0 radical (unpaired) electrons. The Bertz CT molecular complexity index is 3200. The number of para-hydroxylation sites is 1. The number of hydrazine groups is 1. The van der Waals surface area contributed by atoms with E-state index < -0.39 is 35.0 Å². The molecular formula is C56H57F4N9O8. The average molecular weight is 1060 g/mol. The third-order valence-electron chi connectivity index (χ3n) is 12.4. The molecule has 0 unspecified atom stereocenters. The van der Waals surface area contributed by atoms with Crippen molar-refractivity contribution in [2.45, 2.75) is 39.4 Å². The Morgan fingerprint density at radius 1 is 0.779 bits per heavy atom. The molecule has 8 rings (SSSR count). The molecule has 0 spiro atoms. The average Bonchev–Trinajstić information content (AvgIpc) is 4.05. The van der Waals surface area contributed by atoms with Crippen LogP contribution in [0.3, 0.4) is 0 Å². The van der Waals surface area contributed by atoms with Crippen LogP contribution in [0, 0.1) is 12.7 Å². The fourth-order valence-electron chi connectivity index (χ4n) is 8.57. The molecule has 2 aliphatic rings. The molecular weight excluding hydrogens is 1000 g/mol. The minimum absolute atomic E-state index is 0.0618. The van der Waals surface area contributed by atoms with Gasteiger partial charge in [0.25, 0.3) is 5.91 Å². The Balaban J connectivity index is 0.774. The Hall–Kier alpha value is -8.50. The molecule has 3 heterocycles. The van der Waals surface area contributed by atoms with E-state index in [0.29, 0.717) is 57.4 Å². The lowest BCUT2D eigenvalue weighted by Gasteiger charge is -2.33. The van der Waals surface area contributed by atoms with Gasteiger partial charge in [0.05, 0.1) is 92.3 Å². The van der Waals surface area contributed by atoms with E-state index in [-0.39, 0.29) is 95.5 Å². The number of Topliss-reactive ketones (excluding diaryl/α,β-unsaturated/α-hetero) is 1. The van der Waals surface area contributed by atoms with Crippen molar-refractivity contribution in [1.82, 2.24) is 9.99 Å². The Morgan fingerprint density at radius 2 is 1.48 bits per heavy atom. The number of nitrogens with one attached hydrogen (secondary N) is 5. The number of anilines is 6. The first kappa shape index (κ1) is 54.8. The highest BCUT2D eigenvalue weighted by Crippen LogP contribution is 2.40. The molecule has 0 saturated heterocycles. The molecule has 4 amide bonds. The van der Waals surface area contributed by atoms with Crippen molar-refractivity contribution in [3.8, 4) is 5.75 Å². The van der Waals surface area contributed by atoms with E-state index >= 15 is 4.39 Å². The number of benzene rings is 5. The number of carbonyl (C=O) groups excluding carboxylic acids is 4. The van der Waals surface area contributed by atoms with Gasteiger partial charge >= 0.3 is 12.2 Å². The number of ketones is 1. The molecule has 17 nitrogen and oxygen atoms in total. The molecule has 77 heavy (non-hydrogen) atoms. The minimum atomic E-state index is -4.90. The summed E-state index contributed by atoms with van der Waals surface area (Å²) in [6.45, 7) is 4.17. The maximum Gasteiger partial charge on any atom is 0.416 e. The maximum atomic E-state index is 15.6. The topological polar surface area (TPSA) is 228 Å². The molecule has 402 valence electrons. The summed E-state index contributed by atoms with van der Waals surface area (Å²) in [5.74, 6) is 4.14. The monoisotopic (exact) mass is 1060 g/mol. The van der Waals surface area contributed by atoms with Crippen LogP contribution < -0.4 is 42.5 Å². The zero-order valence-electron chi connectivity index (χ0n) is 42.2. The molecule has 0 aliphatic carbocycles. The van der Waals surface area contributed by atoms with Crippen LogP contribution in [0.2, 0.25) is 0 Å².